The zero-order chi connectivity index (χ0) is 24.2. The number of hydrogen-bond acceptors (Lipinski definition) is 5. The van der Waals surface area contributed by atoms with E-state index in [2.05, 4.69) is 17.2 Å². The molecule has 2 N–H and O–H groups in total. The summed E-state index contributed by atoms with van der Waals surface area (Å²) < 4.78 is 34.0. The van der Waals surface area contributed by atoms with Gasteiger partial charge in [-0.05, 0) is 87.6 Å². The number of piperidine rings is 1. The van der Waals surface area contributed by atoms with Gasteiger partial charge in [0.1, 0.15) is 0 Å². The lowest BCUT2D eigenvalue weighted by atomic mass is 9.70. The molecular weight excluding hydrogens is 454 g/mol. The first-order chi connectivity index (χ1) is 16.3. The average molecular weight is 490 g/mol. The Bertz CT molecular complexity index is 998. The van der Waals surface area contributed by atoms with Gasteiger partial charge < -0.3 is 15.4 Å². The summed E-state index contributed by atoms with van der Waals surface area (Å²) in [7, 11) is -3.70. The molecule has 1 atom stereocenters. The van der Waals surface area contributed by atoms with Gasteiger partial charge in [0.15, 0.2) is 0 Å². The number of nitrogens with zero attached hydrogens (tertiary/aromatic N) is 1. The summed E-state index contributed by atoms with van der Waals surface area (Å²) >= 11 is 0. The normalized spacial score (nSPS) is 23.1. The molecule has 2 heterocycles. The van der Waals surface area contributed by atoms with Crippen molar-refractivity contribution < 1.29 is 22.7 Å². The molecule has 1 aromatic carbocycles. The van der Waals surface area contributed by atoms with Crippen LogP contribution in [0.3, 0.4) is 0 Å². The summed E-state index contributed by atoms with van der Waals surface area (Å²) in [5, 5.41) is 5.88. The molecule has 8 nitrogen and oxygen atoms in total. The summed E-state index contributed by atoms with van der Waals surface area (Å²) in [6.45, 7) is 6.03. The van der Waals surface area contributed by atoms with Crippen LogP contribution in [0.1, 0.15) is 61.7 Å². The second-order valence-electron chi connectivity index (χ2n) is 9.68. The minimum atomic E-state index is -3.70. The topological polar surface area (TPSA) is 105 Å². The molecule has 1 unspecified atom stereocenters. The first-order valence-electron chi connectivity index (χ1n) is 12.3. The lowest BCUT2D eigenvalue weighted by Crippen LogP contribution is -2.63. The van der Waals surface area contributed by atoms with Crippen molar-refractivity contribution in [2.45, 2.75) is 67.8 Å². The highest BCUT2D eigenvalue weighted by Gasteiger charge is 2.51. The van der Waals surface area contributed by atoms with Crippen molar-refractivity contribution in [1.29, 1.82) is 0 Å². The maximum Gasteiger partial charge on any atom is 0.251 e. The van der Waals surface area contributed by atoms with Crippen LogP contribution >= 0.6 is 0 Å². The smallest absolute Gasteiger partial charge is 0.251 e. The van der Waals surface area contributed by atoms with E-state index in [1.54, 1.807) is 16.4 Å². The molecule has 3 fully saturated rings. The third-order valence-electron chi connectivity index (χ3n) is 7.54. The Hall–Kier alpha value is -2.23. The maximum atomic E-state index is 13.5. The highest BCUT2D eigenvalue weighted by molar-refractivity contribution is 7.89. The van der Waals surface area contributed by atoms with Gasteiger partial charge in [0.05, 0.1) is 4.90 Å². The minimum absolute atomic E-state index is 0.0514. The van der Waals surface area contributed by atoms with Crippen molar-refractivity contribution in [3.05, 3.63) is 42.5 Å². The van der Waals surface area contributed by atoms with E-state index in [-0.39, 0.29) is 22.8 Å². The zero-order valence-corrected chi connectivity index (χ0v) is 20.4. The van der Waals surface area contributed by atoms with Crippen molar-refractivity contribution in [1.82, 2.24) is 14.9 Å². The van der Waals surface area contributed by atoms with Gasteiger partial charge in [-0.3, -0.25) is 9.59 Å². The number of benzene rings is 1. The lowest BCUT2D eigenvalue weighted by Gasteiger charge is -2.54. The first-order valence-corrected chi connectivity index (χ1v) is 13.7. The first kappa shape index (κ1) is 24.9. The van der Waals surface area contributed by atoms with Gasteiger partial charge in [-0.2, -0.15) is 4.31 Å². The van der Waals surface area contributed by atoms with Crippen molar-refractivity contribution in [3.63, 3.8) is 0 Å². The van der Waals surface area contributed by atoms with Gasteiger partial charge in [-0.1, -0.05) is 6.58 Å². The third-order valence-corrected chi connectivity index (χ3v) is 9.55. The molecule has 0 bridgehead atoms. The zero-order valence-electron chi connectivity index (χ0n) is 19.6. The molecule has 186 valence electrons. The van der Waals surface area contributed by atoms with Crippen LogP contribution < -0.4 is 10.6 Å². The molecule has 2 saturated heterocycles. The van der Waals surface area contributed by atoms with Gasteiger partial charge in [0.25, 0.3) is 5.91 Å². The monoisotopic (exact) mass is 489 g/mol. The van der Waals surface area contributed by atoms with Gasteiger partial charge in [-0.15, -0.1) is 0 Å². The maximum absolute atomic E-state index is 13.5. The number of rotatable bonds is 8. The summed E-state index contributed by atoms with van der Waals surface area (Å²) in [5.74, 6) is 0.164. The van der Waals surface area contributed by atoms with Gasteiger partial charge in [-0.25, -0.2) is 8.42 Å². The fourth-order valence-electron chi connectivity index (χ4n) is 5.40. The molecule has 1 spiro atoms. The van der Waals surface area contributed by atoms with Gasteiger partial charge >= 0.3 is 0 Å². The Morgan fingerprint density at radius 2 is 1.85 bits per heavy atom. The summed E-state index contributed by atoms with van der Waals surface area (Å²) in [6, 6.07) is 6.17. The lowest BCUT2D eigenvalue weighted by molar-refractivity contribution is -0.117. The van der Waals surface area contributed by atoms with Crippen LogP contribution in [0, 0.1) is 5.92 Å². The van der Waals surface area contributed by atoms with Crippen LogP contribution in [0.2, 0.25) is 0 Å². The second kappa shape index (κ2) is 10.6. The Morgan fingerprint density at radius 3 is 2.47 bits per heavy atom. The number of carbonyl (C=O) groups excluding carboxylic acids is 2. The molecule has 9 heteroatoms. The molecular formula is C25H35N3O5S. The van der Waals surface area contributed by atoms with E-state index in [0.29, 0.717) is 37.4 Å². The molecule has 34 heavy (non-hydrogen) atoms. The summed E-state index contributed by atoms with van der Waals surface area (Å²) in [4.78, 5) is 24.5. The molecule has 4 rings (SSSR count). The standard InChI is InChI=1S/C25H35N3O5S/c1-2-23(29)27-21-9-15-28(25(18-21)12-3-13-25)34(31,32)22-6-4-20(5-7-22)24(30)26-14-8-19-10-16-33-17-11-19/h2,4-7,19,21H,1,3,8-18H2,(H,26,30)(H,27,29). The van der Waals surface area contributed by atoms with E-state index in [0.717, 1.165) is 51.7 Å². The van der Waals surface area contributed by atoms with Crippen LogP contribution in [-0.2, 0) is 19.6 Å². The van der Waals surface area contributed by atoms with Crippen molar-refractivity contribution >= 4 is 21.8 Å². The van der Waals surface area contributed by atoms with E-state index in [4.69, 9.17) is 4.74 Å². The van der Waals surface area contributed by atoms with E-state index < -0.39 is 15.6 Å². The van der Waals surface area contributed by atoms with Crippen LogP contribution in [0.4, 0.5) is 0 Å². The predicted molar refractivity (Wildman–Crippen MR) is 129 cm³/mol. The number of nitrogens with one attached hydrogen (secondary N) is 2. The summed E-state index contributed by atoms with van der Waals surface area (Å²) in [5.41, 5.74) is 0.00581. The summed E-state index contributed by atoms with van der Waals surface area (Å²) in [6.07, 6.45) is 7.96. The predicted octanol–water partition coefficient (Wildman–Crippen LogP) is 2.61. The largest absolute Gasteiger partial charge is 0.381 e. The molecule has 1 saturated carbocycles. The fraction of sp³-hybridized carbons (Fsp3) is 0.600. The molecule has 2 amide bonds. The highest BCUT2D eigenvalue weighted by atomic mass is 32.2. The molecule has 1 aliphatic carbocycles. The number of hydrogen-bond donors (Lipinski definition) is 2. The molecule has 3 aliphatic rings. The van der Waals surface area contributed by atoms with Crippen molar-refractivity contribution in [3.8, 4) is 0 Å². The average Bonchev–Trinajstić information content (AvgIpc) is 2.83. The van der Waals surface area contributed by atoms with E-state index in [1.165, 1.54) is 18.2 Å². The quantitative estimate of drug-likeness (QED) is 0.546. The number of amides is 2. The molecule has 0 radical (unpaired) electrons. The second-order valence-corrected chi connectivity index (χ2v) is 11.5. The Labute approximate surface area is 202 Å². The van der Waals surface area contributed by atoms with Crippen molar-refractivity contribution in [2.24, 2.45) is 5.92 Å². The van der Waals surface area contributed by atoms with Gasteiger partial charge in [0, 0.05) is 43.4 Å². The molecule has 2 aliphatic heterocycles. The van der Waals surface area contributed by atoms with E-state index >= 15 is 0 Å². The number of sulfonamides is 1. The Kier molecular flexibility index (Phi) is 7.74. The van der Waals surface area contributed by atoms with E-state index in [1.807, 2.05) is 0 Å². The Balaban J connectivity index is 1.38. The van der Waals surface area contributed by atoms with Crippen LogP contribution in [0.15, 0.2) is 41.8 Å². The Morgan fingerprint density at radius 1 is 1.15 bits per heavy atom. The highest BCUT2D eigenvalue weighted by Crippen LogP contribution is 2.46. The number of ether oxygens (including phenoxy) is 1. The molecule has 0 aromatic heterocycles. The van der Waals surface area contributed by atoms with E-state index in [9.17, 15) is 18.0 Å². The van der Waals surface area contributed by atoms with Crippen LogP contribution in [0.5, 0.6) is 0 Å². The third kappa shape index (κ3) is 5.37. The van der Waals surface area contributed by atoms with Gasteiger partial charge in [0.2, 0.25) is 15.9 Å². The minimum Gasteiger partial charge on any atom is -0.381 e. The van der Waals surface area contributed by atoms with Crippen LogP contribution in [0.25, 0.3) is 0 Å². The SMILES string of the molecule is C=CC(=O)NC1CCN(S(=O)(=O)c2ccc(C(=O)NCCC3CCOCC3)cc2)C2(CCC2)C1. The van der Waals surface area contributed by atoms with Crippen molar-refractivity contribution in [2.75, 3.05) is 26.3 Å². The number of carbonyl (C=O) groups is 2. The fourth-order valence-corrected chi connectivity index (χ4v) is 7.25. The molecule has 1 aromatic rings. The van der Waals surface area contributed by atoms with Crippen LogP contribution in [-0.4, -0.2) is 62.4 Å².